The highest BCUT2D eigenvalue weighted by atomic mass is 32.2. The first-order valence-corrected chi connectivity index (χ1v) is 6.76. The zero-order valence-corrected chi connectivity index (χ0v) is 10.6. The number of hydrogen-bond donors (Lipinski definition) is 1. The van der Waals surface area contributed by atoms with Gasteiger partial charge in [0.2, 0.25) is 0 Å². The van der Waals surface area contributed by atoms with E-state index in [2.05, 4.69) is 33.8 Å². The van der Waals surface area contributed by atoms with Crippen LogP contribution in [-0.4, -0.2) is 21.8 Å². The second-order valence-electron chi connectivity index (χ2n) is 3.74. The highest BCUT2D eigenvalue weighted by Gasteiger charge is 2.01. The van der Waals surface area contributed by atoms with E-state index in [1.807, 2.05) is 30.2 Å². The van der Waals surface area contributed by atoms with Crippen molar-refractivity contribution in [1.82, 2.24) is 9.55 Å². The van der Waals surface area contributed by atoms with Crippen molar-refractivity contribution in [2.75, 3.05) is 12.3 Å². The molecule has 3 nitrogen and oxygen atoms in total. The van der Waals surface area contributed by atoms with Crippen molar-refractivity contribution >= 4 is 11.8 Å². The van der Waals surface area contributed by atoms with Crippen molar-refractivity contribution in [2.45, 2.75) is 17.9 Å². The molecule has 1 heterocycles. The van der Waals surface area contributed by atoms with E-state index in [1.165, 1.54) is 4.90 Å². The van der Waals surface area contributed by atoms with Crippen LogP contribution in [0.5, 0.6) is 0 Å². The fourth-order valence-electron chi connectivity index (χ4n) is 1.68. The van der Waals surface area contributed by atoms with Gasteiger partial charge < -0.3 is 10.3 Å². The molecule has 2 N–H and O–H groups in total. The lowest BCUT2D eigenvalue weighted by Gasteiger charge is -2.06. The zero-order valence-electron chi connectivity index (χ0n) is 9.75. The van der Waals surface area contributed by atoms with Crippen LogP contribution in [0.3, 0.4) is 0 Å². The van der Waals surface area contributed by atoms with Crippen molar-refractivity contribution < 1.29 is 0 Å². The molecule has 0 bridgehead atoms. The Hall–Kier alpha value is -1.26. The first-order chi connectivity index (χ1) is 8.40. The average Bonchev–Trinajstić information content (AvgIpc) is 2.79. The Labute approximate surface area is 106 Å². The van der Waals surface area contributed by atoms with Gasteiger partial charge in [0, 0.05) is 36.0 Å². The summed E-state index contributed by atoms with van der Waals surface area (Å²) in [7, 11) is 0. The Morgan fingerprint density at radius 3 is 2.82 bits per heavy atom. The van der Waals surface area contributed by atoms with Crippen molar-refractivity contribution in [2.24, 2.45) is 5.73 Å². The number of imidazole rings is 1. The van der Waals surface area contributed by atoms with Gasteiger partial charge in [0.05, 0.1) is 0 Å². The third-order valence-corrected chi connectivity index (χ3v) is 3.51. The predicted octanol–water partition coefficient (Wildman–Crippen LogP) is 2.18. The number of aromatic nitrogens is 2. The Bertz CT molecular complexity index is 439. The smallest absolute Gasteiger partial charge is 0.109 e. The van der Waals surface area contributed by atoms with E-state index in [-0.39, 0.29) is 0 Å². The molecule has 2 aromatic rings. The highest BCUT2D eigenvalue weighted by molar-refractivity contribution is 7.99. The maximum Gasteiger partial charge on any atom is 0.109 e. The molecule has 17 heavy (non-hydrogen) atoms. The minimum atomic E-state index is 0.656. The molecule has 0 unspecified atom stereocenters. The third-order valence-electron chi connectivity index (χ3n) is 2.51. The molecule has 0 amide bonds. The number of nitrogens with zero attached hydrogens (tertiary/aromatic N) is 2. The number of rotatable bonds is 6. The van der Waals surface area contributed by atoms with Crippen molar-refractivity contribution in [3.8, 4) is 0 Å². The Morgan fingerprint density at radius 2 is 2.06 bits per heavy atom. The maximum absolute atomic E-state index is 5.55. The summed E-state index contributed by atoms with van der Waals surface area (Å²) in [5, 5.41) is 0. The van der Waals surface area contributed by atoms with Gasteiger partial charge in [0.25, 0.3) is 0 Å². The quantitative estimate of drug-likeness (QED) is 0.796. The van der Waals surface area contributed by atoms with E-state index < -0.39 is 0 Å². The van der Waals surface area contributed by atoms with Gasteiger partial charge in [-0.15, -0.1) is 11.8 Å². The fraction of sp³-hybridized carbons (Fsp3) is 0.308. The maximum atomic E-state index is 5.55. The van der Waals surface area contributed by atoms with Crippen LogP contribution in [0.25, 0.3) is 0 Å². The number of thioether (sulfide) groups is 1. The molecule has 0 aliphatic carbocycles. The lowest BCUT2D eigenvalue weighted by Crippen LogP contribution is -2.10. The van der Waals surface area contributed by atoms with E-state index in [4.69, 9.17) is 5.73 Å². The Morgan fingerprint density at radius 1 is 1.24 bits per heavy atom. The van der Waals surface area contributed by atoms with Crippen LogP contribution in [0, 0.1) is 0 Å². The number of hydrogen-bond acceptors (Lipinski definition) is 3. The van der Waals surface area contributed by atoms with Crippen LogP contribution in [0.1, 0.15) is 5.82 Å². The van der Waals surface area contributed by atoms with Crippen molar-refractivity contribution in [3.05, 3.63) is 48.5 Å². The predicted molar refractivity (Wildman–Crippen MR) is 72.2 cm³/mol. The molecular weight excluding hydrogens is 230 g/mol. The molecule has 0 atom stereocenters. The van der Waals surface area contributed by atoms with Gasteiger partial charge >= 0.3 is 0 Å². The summed E-state index contributed by atoms with van der Waals surface area (Å²) in [5.74, 6) is 2.14. The molecule has 1 aromatic heterocycles. The third kappa shape index (κ3) is 3.61. The highest BCUT2D eigenvalue weighted by Crippen LogP contribution is 2.17. The van der Waals surface area contributed by atoms with E-state index in [0.717, 1.165) is 24.5 Å². The summed E-state index contributed by atoms with van der Waals surface area (Å²) in [6, 6.07) is 10.5. The van der Waals surface area contributed by atoms with Gasteiger partial charge in [-0.3, -0.25) is 0 Å². The number of benzene rings is 1. The van der Waals surface area contributed by atoms with Crippen molar-refractivity contribution in [3.63, 3.8) is 0 Å². The van der Waals surface area contributed by atoms with Gasteiger partial charge in [-0.05, 0) is 18.7 Å². The topological polar surface area (TPSA) is 43.8 Å². The summed E-state index contributed by atoms with van der Waals surface area (Å²) in [6.45, 7) is 1.64. The minimum absolute atomic E-state index is 0.656. The standard InChI is InChI=1S/C13H17N3S/c14-7-6-13-15-8-9-16(13)10-11-17-12-4-2-1-3-5-12/h1-5,8-9H,6-7,10-11,14H2. The lowest BCUT2D eigenvalue weighted by molar-refractivity contribution is 0.699. The van der Waals surface area contributed by atoms with Gasteiger partial charge in [-0.25, -0.2) is 4.98 Å². The summed E-state index contributed by atoms with van der Waals surface area (Å²) in [5.41, 5.74) is 5.55. The summed E-state index contributed by atoms with van der Waals surface area (Å²) >= 11 is 1.87. The number of aryl methyl sites for hydroxylation is 1. The lowest BCUT2D eigenvalue weighted by atomic mass is 10.4. The number of nitrogens with two attached hydrogens (primary N) is 1. The molecule has 0 aliphatic heterocycles. The van der Waals surface area contributed by atoms with Crippen LogP contribution < -0.4 is 5.73 Å². The first kappa shape index (κ1) is 12.2. The molecule has 0 aliphatic rings. The summed E-state index contributed by atoms with van der Waals surface area (Å²) in [6.07, 6.45) is 4.72. The van der Waals surface area contributed by atoms with E-state index in [1.54, 1.807) is 0 Å². The largest absolute Gasteiger partial charge is 0.334 e. The molecule has 0 fully saturated rings. The minimum Gasteiger partial charge on any atom is -0.334 e. The first-order valence-electron chi connectivity index (χ1n) is 5.78. The zero-order chi connectivity index (χ0) is 11.9. The van der Waals surface area contributed by atoms with Crippen LogP contribution in [0.2, 0.25) is 0 Å². The molecule has 90 valence electrons. The second-order valence-corrected chi connectivity index (χ2v) is 4.91. The molecule has 0 radical (unpaired) electrons. The molecule has 0 saturated heterocycles. The van der Waals surface area contributed by atoms with Crippen LogP contribution >= 0.6 is 11.8 Å². The SMILES string of the molecule is NCCc1nccn1CCSc1ccccc1. The van der Waals surface area contributed by atoms with Gasteiger partial charge in [0.1, 0.15) is 5.82 Å². The molecule has 0 spiro atoms. The van der Waals surface area contributed by atoms with E-state index in [9.17, 15) is 0 Å². The summed E-state index contributed by atoms with van der Waals surface area (Å²) in [4.78, 5) is 5.62. The second kappa shape index (κ2) is 6.47. The fourth-order valence-corrected chi connectivity index (χ4v) is 2.55. The monoisotopic (exact) mass is 247 g/mol. The molecule has 2 rings (SSSR count). The summed E-state index contributed by atoms with van der Waals surface area (Å²) < 4.78 is 2.18. The van der Waals surface area contributed by atoms with E-state index >= 15 is 0 Å². The van der Waals surface area contributed by atoms with Gasteiger partial charge in [0.15, 0.2) is 0 Å². The van der Waals surface area contributed by atoms with Crippen LogP contribution in [0.4, 0.5) is 0 Å². The molecule has 1 aromatic carbocycles. The Kier molecular flexibility index (Phi) is 4.64. The molecular formula is C13H17N3S. The normalized spacial score (nSPS) is 10.6. The van der Waals surface area contributed by atoms with Crippen LogP contribution in [-0.2, 0) is 13.0 Å². The van der Waals surface area contributed by atoms with Crippen molar-refractivity contribution in [1.29, 1.82) is 0 Å². The Balaban J connectivity index is 1.84. The molecule has 0 saturated carbocycles. The van der Waals surface area contributed by atoms with Crippen LogP contribution in [0.15, 0.2) is 47.6 Å². The average molecular weight is 247 g/mol. The van der Waals surface area contributed by atoms with Gasteiger partial charge in [-0.2, -0.15) is 0 Å². The van der Waals surface area contributed by atoms with Gasteiger partial charge in [-0.1, -0.05) is 18.2 Å². The molecule has 4 heteroatoms. The van der Waals surface area contributed by atoms with E-state index in [0.29, 0.717) is 6.54 Å².